The smallest absolute Gasteiger partial charge is 0.307 e. The van der Waals surface area contributed by atoms with Crippen molar-refractivity contribution in [2.24, 2.45) is 7.05 Å². The van der Waals surface area contributed by atoms with Crippen molar-refractivity contribution in [1.82, 2.24) is 14.5 Å². The largest absolute Gasteiger partial charge is 0.481 e. The fourth-order valence-corrected chi connectivity index (χ4v) is 2.16. The van der Waals surface area contributed by atoms with E-state index in [0.717, 1.165) is 22.6 Å². The van der Waals surface area contributed by atoms with Gasteiger partial charge in [0.15, 0.2) is 5.65 Å². The van der Waals surface area contributed by atoms with E-state index in [1.54, 1.807) is 12.3 Å². The van der Waals surface area contributed by atoms with Gasteiger partial charge in [-0.15, -0.1) is 0 Å². The number of aromatic nitrogens is 3. The van der Waals surface area contributed by atoms with E-state index in [1.807, 2.05) is 11.6 Å². The molecule has 0 aliphatic heterocycles. The maximum atomic E-state index is 10.8. The Morgan fingerprint density at radius 1 is 1.59 bits per heavy atom. The van der Waals surface area contributed by atoms with E-state index in [0.29, 0.717) is 5.92 Å². The molecule has 0 radical (unpaired) electrons. The van der Waals surface area contributed by atoms with Crippen LogP contribution >= 0.6 is 0 Å². The zero-order valence-electron chi connectivity index (χ0n) is 9.55. The minimum Gasteiger partial charge on any atom is -0.481 e. The van der Waals surface area contributed by atoms with Crippen molar-refractivity contribution in [3.8, 4) is 0 Å². The molecule has 0 bridgehead atoms. The van der Waals surface area contributed by atoms with Gasteiger partial charge in [-0.05, 0) is 24.5 Å². The number of imidazole rings is 1. The van der Waals surface area contributed by atoms with Crippen LogP contribution < -0.4 is 0 Å². The molecule has 0 unspecified atom stereocenters. The van der Waals surface area contributed by atoms with Crippen molar-refractivity contribution in [1.29, 1.82) is 0 Å². The van der Waals surface area contributed by atoms with E-state index in [-0.39, 0.29) is 6.42 Å². The molecule has 0 spiro atoms. The van der Waals surface area contributed by atoms with Gasteiger partial charge in [-0.2, -0.15) is 0 Å². The van der Waals surface area contributed by atoms with Gasteiger partial charge in [0.25, 0.3) is 0 Å². The molecule has 1 fully saturated rings. The fraction of sp³-hybridized carbons (Fsp3) is 0.417. The van der Waals surface area contributed by atoms with Crippen LogP contribution in [0.5, 0.6) is 0 Å². The van der Waals surface area contributed by atoms with E-state index in [1.165, 1.54) is 12.8 Å². The highest BCUT2D eigenvalue weighted by atomic mass is 16.4. The summed E-state index contributed by atoms with van der Waals surface area (Å²) in [7, 11) is 1.94. The number of nitrogens with zero attached hydrogens (tertiary/aromatic N) is 3. The molecule has 3 rings (SSSR count). The molecule has 88 valence electrons. The van der Waals surface area contributed by atoms with Crippen LogP contribution in [0.2, 0.25) is 0 Å². The van der Waals surface area contributed by atoms with Gasteiger partial charge in [0.2, 0.25) is 0 Å². The molecule has 0 atom stereocenters. The van der Waals surface area contributed by atoms with Crippen molar-refractivity contribution in [2.45, 2.75) is 25.2 Å². The Kier molecular flexibility index (Phi) is 2.14. The molecular formula is C12H13N3O2. The SMILES string of the molecule is Cn1c(C2CC2)nc2c(CC(=O)O)ccnc21. The maximum absolute atomic E-state index is 10.8. The Bertz CT molecular complexity index is 599. The summed E-state index contributed by atoms with van der Waals surface area (Å²) in [6, 6.07) is 1.74. The number of aliphatic carboxylic acids is 1. The van der Waals surface area contributed by atoms with Gasteiger partial charge in [-0.1, -0.05) is 0 Å². The lowest BCUT2D eigenvalue weighted by Gasteiger charge is -1.99. The summed E-state index contributed by atoms with van der Waals surface area (Å²) in [5.74, 6) is 0.730. The second-order valence-corrected chi connectivity index (χ2v) is 4.52. The van der Waals surface area contributed by atoms with Gasteiger partial charge in [0.05, 0.1) is 6.42 Å². The molecule has 17 heavy (non-hydrogen) atoms. The van der Waals surface area contributed by atoms with E-state index >= 15 is 0 Å². The topological polar surface area (TPSA) is 68.0 Å². The number of carbonyl (C=O) groups is 1. The van der Waals surface area contributed by atoms with Crippen LogP contribution in [0.3, 0.4) is 0 Å². The summed E-state index contributed by atoms with van der Waals surface area (Å²) in [5.41, 5.74) is 2.26. The number of pyridine rings is 1. The second-order valence-electron chi connectivity index (χ2n) is 4.52. The number of rotatable bonds is 3. The van der Waals surface area contributed by atoms with Gasteiger partial charge < -0.3 is 9.67 Å². The van der Waals surface area contributed by atoms with Crippen molar-refractivity contribution in [3.63, 3.8) is 0 Å². The number of carboxylic acids is 1. The van der Waals surface area contributed by atoms with Gasteiger partial charge in [-0.3, -0.25) is 4.79 Å². The number of hydrogen-bond donors (Lipinski definition) is 1. The zero-order chi connectivity index (χ0) is 12.0. The van der Waals surface area contributed by atoms with Gasteiger partial charge in [0, 0.05) is 19.2 Å². The first-order chi connectivity index (χ1) is 8.16. The van der Waals surface area contributed by atoms with Crippen LogP contribution in [-0.2, 0) is 18.3 Å². The van der Waals surface area contributed by atoms with Gasteiger partial charge in [-0.25, -0.2) is 9.97 Å². The first-order valence-electron chi connectivity index (χ1n) is 5.69. The predicted molar refractivity (Wildman–Crippen MR) is 61.8 cm³/mol. The highest BCUT2D eigenvalue weighted by Crippen LogP contribution is 2.40. The Balaban J connectivity index is 2.17. The van der Waals surface area contributed by atoms with Crippen LogP contribution in [0.4, 0.5) is 0 Å². The summed E-state index contributed by atoms with van der Waals surface area (Å²) in [6.07, 6.45) is 4.00. The van der Waals surface area contributed by atoms with Crippen molar-refractivity contribution in [3.05, 3.63) is 23.7 Å². The lowest BCUT2D eigenvalue weighted by Crippen LogP contribution is -2.01. The van der Waals surface area contributed by atoms with E-state index < -0.39 is 5.97 Å². The van der Waals surface area contributed by atoms with Crippen LogP contribution in [0.15, 0.2) is 12.3 Å². The molecule has 0 saturated heterocycles. The molecule has 1 aliphatic carbocycles. The van der Waals surface area contributed by atoms with Gasteiger partial charge >= 0.3 is 5.97 Å². The van der Waals surface area contributed by atoms with Crippen LogP contribution in [-0.4, -0.2) is 25.6 Å². The van der Waals surface area contributed by atoms with Crippen LogP contribution in [0, 0.1) is 0 Å². The number of hydrogen-bond acceptors (Lipinski definition) is 3. The van der Waals surface area contributed by atoms with E-state index in [4.69, 9.17) is 5.11 Å². The molecular weight excluding hydrogens is 218 g/mol. The Hall–Kier alpha value is -1.91. The van der Waals surface area contributed by atoms with E-state index in [2.05, 4.69) is 9.97 Å². The molecule has 1 saturated carbocycles. The summed E-state index contributed by atoms with van der Waals surface area (Å²) >= 11 is 0. The summed E-state index contributed by atoms with van der Waals surface area (Å²) in [6.45, 7) is 0. The van der Waals surface area contributed by atoms with E-state index in [9.17, 15) is 4.79 Å². The average molecular weight is 231 g/mol. The standard InChI is InChI=1S/C12H13N3O2/c1-15-11(7-2-3-7)14-10-8(6-9(16)17)4-5-13-12(10)15/h4-5,7H,2-3,6H2,1H3,(H,16,17). The Morgan fingerprint density at radius 2 is 2.35 bits per heavy atom. The van der Waals surface area contributed by atoms with Crippen LogP contribution in [0.1, 0.15) is 30.1 Å². The zero-order valence-corrected chi connectivity index (χ0v) is 9.55. The Labute approximate surface area is 98.1 Å². The minimum absolute atomic E-state index is 0.000139. The Morgan fingerprint density at radius 3 is 3.00 bits per heavy atom. The summed E-state index contributed by atoms with van der Waals surface area (Å²) in [4.78, 5) is 19.6. The quantitative estimate of drug-likeness (QED) is 0.868. The highest BCUT2D eigenvalue weighted by molar-refractivity contribution is 5.81. The number of aryl methyl sites for hydroxylation is 1. The summed E-state index contributed by atoms with van der Waals surface area (Å²) in [5, 5.41) is 8.87. The van der Waals surface area contributed by atoms with Gasteiger partial charge in [0.1, 0.15) is 11.3 Å². The van der Waals surface area contributed by atoms with Crippen molar-refractivity contribution < 1.29 is 9.90 Å². The molecule has 5 heteroatoms. The third-order valence-electron chi connectivity index (χ3n) is 3.16. The molecule has 5 nitrogen and oxygen atoms in total. The molecule has 0 aromatic carbocycles. The van der Waals surface area contributed by atoms with Crippen molar-refractivity contribution in [2.75, 3.05) is 0 Å². The molecule has 1 aliphatic rings. The predicted octanol–water partition coefficient (Wildman–Crippen LogP) is 1.47. The normalized spacial score (nSPS) is 15.4. The lowest BCUT2D eigenvalue weighted by atomic mass is 10.2. The molecule has 0 amide bonds. The molecule has 2 aromatic heterocycles. The minimum atomic E-state index is -0.837. The lowest BCUT2D eigenvalue weighted by molar-refractivity contribution is -0.136. The first kappa shape index (κ1) is 10.3. The number of fused-ring (bicyclic) bond motifs is 1. The monoisotopic (exact) mass is 231 g/mol. The molecule has 2 heterocycles. The molecule has 1 N–H and O–H groups in total. The molecule has 2 aromatic rings. The third kappa shape index (κ3) is 1.67. The maximum Gasteiger partial charge on any atom is 0.307 e. The van der Waals surface area contributed by atoms with Crippen LogP contribution in [0.25, 0.3) is 11.2 Å². The summed E-state index contributed by atoms with van der Waals surface area (Å²) < 4.78 is 1.98. The highest BCUT2D eigenvalue weighted by Gasteiger charge is 2.29. The fourth-order valence-electron chi connectivity index (χ4n) is 2.16. The first-order valence-corrected chi connectivity index (χ1v) is 5.69. The number of carboxylic acid groups (broad SMARTS) is 1. The van der Waals surface area contributed by atoms with Crippen molar-refractivity contribution >= 4 is 17.1 Å². The third-order valence-corrected chi connectivity index (χ3v) is 3.16. The second kappa shape index (κ2) is 3.55. The average Bonchev–Trinajstić information content (AvgIpc) is 3.05.